The van der Waals surface area contributed by atoms with Gasteiger partial charge in [-0.3, -0.25) is 4.98 Å². The van der Waals surface area contributed by atoms with Gasteiger partial charge in [-0.25, -0.2) is 19.8 Å². The molecule has 4 heterocycles. The van der Waals surface area contributed by atoms with Gasteiger partial charge >= 0.3 is 0 Å². The fraction of sp³-hybridized carbons (Fsp3) is 0. The van der Waals surface area contributed by atoms with Crippen LogP contribution in [0.5, 0.6) is 0 Å². The van der Waals surface area contributed by atoms with Crippen LogP contribution in [-0.2, 0) is 0 Å². The van der Waals surface area contributed by atoms with Gasteiger partial charge in [0, 0.05) is 50.0 Å². The van der Waals surface area contributed by atoms with Gasteiger partial charge in [-0.2, -0.15) is 5.26 Å². The lowest BCUT2D eigenvalue weighted by Crippen LogP contribution is -2.04. The van der Waals surface area contributed by atoms with Crippen LogP contribution < -0.4 is 0 Å². The number of para-hydroxylation sites is 3. The molecule has 0 aliphatic carbocycles. The molecule has 334 valence electrons. The average molecular weight is 919 g/mol. The number of nitrogens with zero attached hydrogens (tertiary/aromatic N) is 8. The molecular weight excluding hydrogens is 881 g/mol. The zero-order valence-electron chi connectivity index (χ0n) is 38.5. The van der Waals surface area contributed by atoms with E-state index in [0.29, 0.717) is 28.7 Å². The number of rotatable bonds is 8. The normalized spacial score (nSPS) is 11.3. The Bertz CT molecular complexity index is 4310. The summed E-state index contributed by atoms with van der Waals surface area (Å²) in [7, 11) is 0. The lowest BCUT2D eigenvalue weighted by atomic mass is 9.98. The molecule has 0 aliphatic rings. The third-order valence-electron chi connectivity index (χ3n) is 13.5. The highest BCUT2D eigenvalue weighted by atomic mass is 15.0. The highest BCUT2D eigenvalue weighted by Gasteiger charge is 2.24. The lowest BCUT2D eigenvalue weighted by Gasteiger charge is -2.19. The van der Waals surface area contributed by atoms with Gasteiger partial charge in [0.05, 0.1) is 57.3 Å². The summed E-state index contributed by atoms with van der Waals surface area (Å²) in [5.41, 5.74) is 15.0. The highest BCUT2D eigenvalue weighted by Crippen LogP contribution is 2.43. The largest absolute Gasteiger partial charge is 0.309 e. The molecule has 0 aliphatic heterocycles. The summed E-state index contributed by atoms with van der Waals surface area (Å²) in [6.07, 6.45) is 1.86. The van der Waals surface area contributed by atoms with Gasteiger partial charge in [0.2, 0.25) is 0 Å². The van der Waals surface area contributed by atoms with Crippen molar-refractivity contribution in [1.82, 2.24) is 29.1 Å². The van der Waals surface area contributed by atoms with E-state index < -0.39 is 0 Å². The molecule has 13 aromatic rings. The predicted octanol–water partition coefficient (Wildman–Crippen LogP) is 15.9. The second kappa shape index (κ2) is 17.4. The van der Waals surface area contributed by atoms with Crippen molar-refractivity contribution >= 4 is 49.3 Å². The van der Waals surface area contributed by atoms with Crippen molar-refractivity contribution in [3.05, 3.63) is 248 Å². The van der Waals surface area contributed by atoms with Gasteiger partial charge in [-0.1, -0.05) is 152 Å². The van der Waals surface area contributed by atoms with E-state index in [0.717, 1.165) is 105 Å². The number of hydrogen-bond donors (Lipinski definition) is 0. The zero-order valence-corrected chi connectivity index (χ0v) is 38.5. The minimum atomic E-state index is 0.528. The van der Waals surface area contributed by atoms with Gasteiger partial charge in [-0.05, 0) is 95.1 Å². The molecular formula is C64H38N8. The number of hydrogen-bond acceptors (Lipinski definition) is 5. The Kier molecular flexibility index (Phi) is 10.1. The minimum Gasteiger partial charge on any atom is -0.309 e. The minimum absolute atomic E-state index is 0.528. The van der Waals surface area contributed by atoms with Crippen molar-refractivity contribution in [1.29, 1.82) is 5.26 Å². The van der Waals surface area contributed by atoms with E-state index in [9.17, 15) is 5.26 Å². The van der Waals surface area contributed by atoms with E-state index in [4.69, 9.17) is 26.5 Å². The lowest BCUT2D eigenvalue weighted by molar-refractivity contribution is 1.07. The molecule has 0 bridgehead atoms. The van der Waals surface area contributed by atoms with Gasteiger partial charge in [0.1, 0.15) is 0 Å². The number of nitriles is 1. The number of pyridine rings is 1. The monoisotopic (exact) mass is 918 g/mol. The fourth-order valence-corrected chi connectivity index (χ4v) is 10.2. The standard InChI is InChI=1S/C64H38N8/c1-66-54-26-13-10-23-48(54)44-31-34-58-52(38-44)50-25-12-15-28-56(50)72(58)60-29-16-36-67-61(60)53-39-45(64-69-62(41-17-4-2-5-18-41)68-63(70-64)42-19-6-3-7-20-42)32-35-59(53)71-55-27-14-11-24-49(55)51-37-43(30-33-57(51)71)47-22-9-8-21-46(47)40-65/h2-39H. The van der Waals surface area contributed by atoms with Crippen molar-refractivity contribution in [2.75, 3.05) is 0 Å². The third-order valence-corrected chi connectivity index (χ3v) is 13.5. The first kappa shape index (κ1) is 41.9. The Morgan fingerprint density at radius 3 is 1.51 bits per heavy atom. The number of aromatic nitrogens is 6. The van der Waals surface area contributed by atoms with Crippen molar-refractivity contribution in [3.63, 3.8) is 0 Å². The summed E-state index contributed by atoms with van der Waals surface area (Å²) in [6, 6.07) is 78.4. The van der Waals surface area contributed by atoms with Crippen molar-refractivity contribution in [3.8, 4) is 85.1 Å². The van der Waals surface area contributed by atoms with Gasteiger partial charge < -0.3 is 9.13 Å². The van der Waals surface area contributed by atoms with Gasteiger partial charge in [0.25, 0.3) is 0 Å². The molecule has 0 amide bonds. The van der Waals surface area contributed by atoms with Gasteiger partial charge in [-0.15, -0.1) is 0 Å². The number of fused-ring (bicyclic) bond motifs is 6. The molecule has 0 fully saturated rings. The van der Waals surface area contributed by atoms with Crippen LogP contribution >= 0.6 is 0 Å². The van der Waals surface area contributed by atoms with E-state index in [-0.39, 0.29) is 0 Å². The fourth-order valence-electron chi connectivity index (χ4n) is 10.2. The molecule has 0 atom stereocenters. The van der Waals surface area contributed by atoms with Crippen molar-refractivity contribution < 1.29 is 0 Å². The molecule has 0 saturated carbocycles. The van der Waals surface area contributed by atoms with Crippen LogP contribution in [0.15, 0.2) is 231 Å². The summed E-state index contributed by atoms with van der Waals surface area (Å²) in [6.45, 7) is 7.93. The SMILES string of the molecule is [C-]#[N+]c1ccccc1-c1ccc2c(c1)c1ccccc1n2-c1cccnc1-c1cc(-c2nc(-c3ccccc3)nc(-c3ccccc3)n2)ccc1-n1c2ccccc2c2cc(-c3ccccc3C#N)ccc21. The summed E-state index contributed by atoms with van der Waals surface area (Å²) in [5.74, 6) is 1.67. The predicted molar refractivity (Wildman–Crippen MR) is 290 cm³/mol. The van der Waals surface area contributed by atoms with Crippen LogP contribution in [-0.4, -0.2) is 29.1 Å². The molecule has 0 saturated heterocycles. The maximum Gasteiger partial charge on any atom is 0.194 e. The molecule has 0 spiro atoms. The van der Waals surface area contributed by atoms with Crippen LogP contribution in [0.2, 0.25) is 0 Å². The van der Waals surface area contributed by atoms with Crippen LogP contribution in [0.25, 0.3) is 128 Å². The van der Waals surface area contributed by atoms with E-state index in [1.54, 1.807) is 0 Å². The Labute approximate surface area is 414 Å². The molecule has 0 N–H and O–H groups in total. The van der Waals surface area contributed by atoms with E-state index in [1.807, 2.05) is 121 Å². The molecule has 13 rings (SSSR count). The molecule has 9 aromatic carbocycles. The van der Waals surface area contributed by atoms with Crippen LogP contribution in [0.1, 0.15) is 5.56 Å². The second-order valence-electron chi connectivity index (χ2n) is 17.6. The van der Waals surface area contributed by atoms with Crippen molar-refractivity contribution in [2.24, 2.45) is 0 Å². The molecule has 4 aromatic heterocycles. The maximum atomic E-state index is 10.1. The first-order valence-corrected chi connectivity index (χ1v) is 23.6. The van der Waals surface area contributed by atoms with E-state index in [2.05, 4.69) is 129 Å². The van der Waals surface area contributed by atoms with Crippen LogP contribution in [0.4, 0.5) is 5.69 Å². The Morgan fingerprint density at radius 1 is 0.389 bits per heavy atom. The molecule has 8 heteroatoms. The topological polar surface area (TPSA) is 89.6 Å². The summed E-state index contributed by atoms with van der Waals surface area (Å²) in [4.78, 5) is 24.6. The van der Waals surface area contributed by atoms with Crippen LogP contribution in [0.3, 0.4) is 0 Å². The Morgan fingerprint density at radius 2 is 0.889 bits per heavy atom. The maximum absolute atomic E-state index is 10.1. The molecule has 0 radical (unpaired) electrons. The summed E-state index contributed by atoms with van der Waals surface area (Å²) >= 11 is 0. The van der Waals surface area contributed by atoms with Gasteiger partial charge in [0.15, 0.2) is 23.2 Å². The summed E-state index contributed by atoms with van der Waals surface area (Å²) < 4.78 is 4.64. The molecule has 8 nitrogen and oxygen atoms in total. The molecule has 72 heavy (non-hydrogen) atoms. The van der Waals surface area contributed by atoms with E-state index >= 15 is 0 Å². The zero-order chi connectivity index (χ0) is 48.1. The Hall–Kier alpha value is -10.3. The first-order valence-electron chi connectivity index (χ1n) is 23.6. The number of benzene rings is 9. The Balaban J connectivity index is 1.09. The van der Waals surface area contributed by atoms with Crippen LogP contribution in [0, 0.1) is 17.9 Å². The first-order chi connectivity index (χ1) is 35.6. The smallest absolute Gasteiger partial charge is 0.194 e. The average Bonchev–Trinajstić information content (AvgIpc) is 3.97. The third kappa shape index (κ3) is 6.98. The highest BCUT2D eigenvalue weighted by molar-refractivity contribution is 6.13. The second-order valence-corrected chi connectivity index (χ2v) is 17.6. The molecule has 0 unspecified atom stereocenters. The quantitative estimate of drug-likeness (QED) is 0.142. The van der Waals surface area contributed by atoms with E-state index in [1.165, 1.54) is 0 Å². The van der Waals surface area contributed by atoms with Crippen molar-refractivity contribution in [2.45, 2.75) is 0 Å². The summed E-state index contributed by atoms with van der Waals surface area (Å²) in [5, 5.41) is 14.4.